The number of halogens is 3. The van der Waals surface area contributed by atoms with E-state index in [4.69, 9.17) is 0 Å². The molecular formula is C35H41F3O. The highest BCUT2D eigenvalue weighted by Crippen LogP contribution is 2.45. The number of hydrogen-bond acceptors (Lipinski definition) is 1. The predicted octanol–water partition coefficient (Wildman–Crippen LogP) is 10.8. The van der Waals surface area contributed by atoms with Crippen LogP contribution in [0, 0.1) is 35.2 Å². The number of rotatable bonds is 8. The molecule has 4 heteroatoms. The molecule has 0 aromatic heterocycles. The van der Waals surface area contributed by atoms with Gasteiger partial charge in [-0.2, -0.15) is 4.39 Å². The van der Waals surface area contributed by atoms with E-state index in [9.17, 15) is 13.9 Å². The van der Waals surface area contributed by atoms with Crippen LogP contribution in [0.25, 0.3) is 22.3 Å². The van der Waals surface area contributed by atoms with Gasteiger partial charge in [0.1, 0.15) is 5.82 Å². The Balaban J connectivity index is 1.17. The lowest BCUT2D eigenvalue weighted by Gasteiger charge is -2.38. The zero-order valence-corrected chi connectivity index (χ0v) is 23.1. The molecule has 5 rings (SSSR count). The van der Waals surface area contributed by atoms with Crippen molar-refractivity contribution in [3.63, 3.8) is 0 Å². The van der Waals surface area contributed by atoms with Crippen LogP contribution < -0.4 is 0 Å². The average Bonchev–Trinajstić information content (AvgIpc) is 2.97. The van der Waals surface area contributed by atoms with Crippen molar-refractivity contribution in [1.82, 2.24) is 0 Å². The summed E-state index contributed by atoms with van der Waals surface area (Å²) in [6.45, 7) is 2.28. The molecule has 2 fully saturated rings. The van der Waals surface area contributed by atoms with E-state index in [1.54, 1.807) is 30.3 Å². The summed E-state index contributed by atoms with van der Waals surface area (Å²) in [5.74, 6) is -0.215. The predicted molar refractivity (Wildman–Crippen MR) is 153 cm³/mol. The SMILES string of the molecule is CCCCCC1CCC(C2CCC(c3ccc(-c4ccc(-c5ccc(O)c(F)c5F)cc4)c(F)c3)CC2)CC1. The first-order chi connectivity index (χ1) is 18.9. The Morgan fingerprint density at radius 1 is 0.667 bits per heavy atom. The van der Waals surface area contributed by atoms with Crippen LogP contribution in [0.3, 0.4) is 0 Å². The van der Waals surface area contributed by atoms with Crippen molar-refractivity contribution < 1.29 is 18.3 Å². The van der Waals surface area contributed by atoms with Crippen LogP contribution in [0.4, 0.5) is 13.2 Å². The largest absolute Gasteiger partial charge is 0.505 e. The monoisotopic (exact) mass is 534 g/mol. The maximum Gasteiger partial charge on any atom is 0.200 e. The summed E-state index contributed by atoms with van der Waals surface area (Å²) < 4.78 is 43.3. The summed E-state index contributed by atoms with van der Waals surface area (Å²) in [5.41, 5.74) is 2.81. The lowest BCUT2D eigenvalue weighted by atomic mass is 9.68. The molecule has 39 heavy (non-hydrogen) atoms. The van der Waals surface area contributed by atoms with Gasteiger partial charge in [0.25, 0.3) is 0 Å². The maximum absolute atomic E-state index is 15.3. The van der Waals surface area contributed by atoms with Gasteiger partial charge >= 0.3 is 0 Å². The van der Waals surface area contributed by atoms with Crippen LogP contribution in [0.5, 0.6) is 5.75 Å². The van der Waals surface area contributed by atoms with Crippen molar-refractivity contribution in [3.05, 3.63) is 77.6 Å². The van der Waals surface area contributed by atoms with Crippen molar-refractivity contribution in [2.24, 2.45) is 17.8 Å². The molecule has 3 aromatic rings. The summed E-state index contributed by atoms with van der Waals surface area (Å²) in [6.07, 6.45) is 16.0. The highest BCUT2D eigenvalue weighted by molar-refractivity contribution is 5.71. The van der Waals surface area contributed by atoms with Gasteiger partial charge in [0.15, 0.2) is 11.6 Å². The number of unbranched alkanes of at least 4 members (excludes halogenated alkanes) is 2. The average molecular weight is 535 g/mol. The van der Waals surface area contributed by atoms with Crippen LogP contribution in [0.1, 0.15) is 95.5 Å². The molecule has 1 nitrogen and oxygen atoms in total. The highest BCUT2D eigenvalue weighted by atomic mass is 19.2. The first-order valence-electron chi connectivity index (χ1n) is 15.0. The van der Waals surface area contributed by atoms with Gasteiger partial charge in [0.05, 0.1) is 0 Å². The fourth-order valence-corrected chi connectivity index (χ4v) is 7.17. The standard InChI is InChI=1S/C35H41F3O/c1-2-3-4-5-23-6-8-24(9-7-23)25-10-12-26(13-11-25)29-18-19-30(32(36)22-29)27-14-16-28(17-15-27)31-20-21-33(39)35(38)34(31)37/h14-26,39H,2-13H2,1H3. The normalized spacial score (nSPS) is 23.6. The summed E-state index contributed by atoms with van der Waals surface area (Å²) in [7, 11) is 0. The third kappa shape index (κ3) is 6.36. The topological polar surface area (TPSA) is 20.2 Å². The van der Waals surface area contributed by atoms with Gasteiger partial charge in [-0.3, -0.25) is 0 Å². The van der Waals surface area contributed by atoms with E-state index in [0.29, 0.717) is 22.6 Å². The van der Waals surface area contributed by atoms with E-state index in [1.807, 2.05) is 6.07 Å². The zero-order valence-electron chi connectivity index (χ0n) is 23.1. The quantitative estimate of drug-likeness (QED) is 0.285. The zero-order chi connectivity index (χ0) is 27.4. The van der Waals surface area contributed by atoms with E-state index >= 15 is 4.39 Å². The second kappa shape index (κ2) is 12.6. The van der Waals surface area contributed by atoms with Gasteiger partial charge in [0.2, 0.25) is 5.82 Å². The molecule has 208 valence electrons. The minimum atomic E-state index is -1.27. The Kier molecular flexibility index (Phi) is 8.99. The van der Waals surface area contributed by atoms with E-state index in [0.717, 1.165) is 42.2 Å². The van der Waals surface area contributed by atoms with Crippen molar-refractivity contribution in [1.29, 1.82) is 0 Å². The number of phenols is 1. The number of hydrogen-bond donors (Lipinski definition) is 1. The fraction of sp³-hybridized carbons (Fsp3) is 0.486. The minimum absolute atomic E-state index is 0.0586. The lowest BCUT2D eigenvalue weighted by Crippen LogP contribution is -2.25. The second-order valence-electron chi connectivity index (χ2n) is 12.0. The molecule has 0 amide bonds. The summed E-state index contributed by atoms with van der Waals surface area (Å²) >= 11 is 0. The summed E-state index contributed by atoms with van der Waals surface area (Å²) in [4.78, 5) is 0. The van der Waals surface area contributed by atoms with Crippen LogP contribution in [-0.4, -0.2) is 5.11 Å². The molecule has 2 saturated carbocycles. The smallest absolute Gasteiger partial charge is 0.200 e. The molecule has 2 aliphatic carbocycles. The Morgan fingerprint density at radius 3 is 1.87 bits per heavy atom. The molecule has 1 N–H and O–H groups in total. The van der Waals surface area contributed by atoms with Crippen molar-refractivity contribution in [2.45, 2.75) is 89.9 Å². The van der Waals surface area contributed by atoms with Crippen LogP contribution >= 0.6 is 0 Å². The van der Waals surface area contributed by atoms with E-state index < -0.39 is 17.4 Å². The number of benzene rings is 3. The lowest BCUT2D eigenvalue weighted by molar-refractivity contribution is 0.155. The molecule has 0 radical (unpaired) electrons. The van der Waals surface area contributed by atoms with Gasteiger partial charge in [0, 0.05) is 11.1 Å². The summed E-state index contributed by atoms with van der Waals surface area (Å²) in [6, 6.07) is 14.8. The van der Waals surface area contributed by atoms with Gasteiger partial charge in [-0.1, -0.05) is 81.8 Å². The van der Waals surface area contributed by atoms with E-state index in [2.05, 4.69) is 13.0 Å². The van der Waals surface area contributed by atoms with Gasteiger partial charge in [-0.05, 0) is 97.1 Å². The number of phenolic OH excluding ortho intramolecular Hbond substituents is 1. The van der Waals surface area contributed by atoms with Gasteiger partial charge < -0.3 is 5.11 Å². The molecule has 3 aromatic carbocycles. The maximum atomic E-state index is 15.3. The van der Waals surface area contributed by atoms with Crippen molar-refractivity contribution in [3.8, 4) is 28.0 Å². The molecule has 0 heterocycles. The minimum Gasteiger partial charge on any atom is -0.505 e. The Morgan fingerprint density at radius 2 is 1.26 bits per heavy atom. The van der Waals surface area contributed by atoms with Gasteiger partial charge in [-0.15, -0.1) is 0 Å². The third-order valence-corrected chi connectivity index (χ3v) is 9.58. The third-order valence-electron chi connectivity index (χ3n) is 9.58. The molecule has 0 bridgehead atoms. The van der Waals surface area contributed by atoms with Crippen molar-refractivity contribution >= 4 is 0 Å². The first-order valence-corrected chi connectivity index (χ1v) is 15.0. The Bertz CT molecular complexity index is 1240. The molecule has 0 aliphatic heterocycles. The Hall–Kier alpha value is -2.75. The second-order valence-corrected chi connectivity index (χ2v) is 12.0. The first kappa shape index (κ1) is 27.8. The molecule has 0 atom stereocenters. The molecular weight excluding hydrogens is 493 g/mol. The number of aromatic hydroxyl groups is 1. The van der Waals surface area contributed by atoms with Crippen molar-refractivity contribution in [2.75, 3.05) is 0 Å². The fourth-order valence-electron chi connectivity index (χ4n) is 7.17. The molecule has 0 spiro atoms. The molecule has 0 unspecified atom stereocenters. The highest BCUT2D eigenvalue weighted by Gasteiger charge is 2.31. The van der Waals surface area contributed by atoms with Crippen LogP contribution in [-0.2, 0) is 0 Å². The van der Waals surface area contributed by atoms with Gasteiger partial charge in [-0.25, -0.2) is 8.78 Å². The summed E-state index contributed by atoms with van der Waals surface area (Å²) in [5, 5.41) is 9.37. The van der Waals surface area contributed by atoms with Crippen LogP contribution in [0.15, 0.2) is 54.6 Å². The van der Waals surface area contributed by atoms with E-state index in [-0.39, 0.29) is 11.4 Å². The van der Waals surface area contributed by atoms with E-state index in [1.165, 1.54) is 70.3 Å². The molecule has 0 saturated heterocycles. The van der Waals surface area contributed by atoms with Crippen LogP contribution in [0.2, 0.25) is 0 Å². The molecule has 2 aliphatic rings. The Labute approximate surface area is 231 Å².